The Bertz CT molecular complexity index is 388. The SMILES string of the molecule is O=C(O)CC(=O)CCCc1cccc(F)c1. The van der Waals surface area contributed by atoms with E-state index in [2.05, 4.69) is 0 Å². The van der Waals surface area contributed by atoms with Crippen LogP contribution in [0.1, 0.15) is 24.8 Å². The third kappa shape index (κ3) is 4.68. The topological polar surface area (TPSA) is 54.4 Å². The molecule has 0 heterocycles. The van der Waals surface area contributed by atoms with Crippen molar-refractivity contribution >= 4 is 11.8 Å². The van der Waals surface area contributed by atoms with Gasteiger partial charge in [0.25, 0.3) is 0 Å². The molecule has 0 atom stereocenters. The lowest BCUT2D eigenvalue weighted by molar-refractivity contribution is -0.140. The van der Waals surface area contributed by atoms with E-state index in [9.17, 15) is 14.0 Å². The standard InChI is InChI=1S/C12H13FO3/c13-10-5-1-3-9(7-10)4-2-6-11(14)8-12(15)16/h1,3,5,7H,2,4,6,8H2,(H,15,16). The number of benzene rings is 1. The minimum atomic E-state index is -1.10. The van der Waals surface area contributed by atoms with E-state index >= 15 is 0 Å². The first-order chi connectivity index (χ1) is 7.58. The van der Waals surface area contributed by atoms with Gasteiger partial charge in [0.05, 0.1) is 0 Å². The average molecular weight is 224 g/mol. The van der Waals surface area contributed by atoms with Crippen LogP contribution in [0.5, 0.6) is 0 Å². The summed E-state index contributed by atoms with van der Waals surface area (Å²) in [5, 5.41) is 8.37. The molecule has 3 nitrogen and oxygen atoms in total. The number of aryl methyl sites for hydroxylation is 1. The molecule has 4 heteroatoms. The summed E-state index contributed by atoms with van der Waals surface area (Å²) in [5.74, 6) is -1.69. The van der Waals surface area contributed by atoms with Crippen molar-refractivity contribution in [3.05, 3.63) is 35.6 Å². The first-order valence-corrected chi connectivity index (χ1v) is 5.06. The number of aliphatic carboxylic acids is 1. The number of carboxylic acid groups (broad SMARTS) is 1. The van der Waals surface area contributed by atoms with Gasteiger partial charge in [0.2, 0.25) is 0 Å². The third-order valence-electron chi connectivity index (χ3n) is 2.16. The molecular formula is C12H13FO3. The molecule has 0 saturated heterocycles. The van der Waals surface area contributed by atoms with Crippen molar-refractivity contribution < 1.29 is 19.1 Å². The molecule has 1 aromatic rings. The molecule has 0 aromatic heterocycles. The van der Waals surface area contributed by atoms with E-state index < -0.39 is 12.4 Å². The summed E-state index contributed by atoms with van der Waals surface area (Å²) in [6, 6.07) is 6.18. The van der Waals surface area contributed by atoms with Crippen molar-refractivity contribution in [1.29, 1.82) is 0 Å². The lowest BCUT2D eigenvalue weighted by Crippen LogP contribution is -2.06. The second-order valence-corrected chi connectivity index (χ2v) is 3.59. The summed E-state index contributed by atoms with van der Waals surface area (Å²) < 4.78 is 12.8. The zero-order valence-corrected chi connectivity index (χ0v) is 8.78. The average Bonchev–Trinajstić information content (AvgIpc) is 2.16. The monoisotopic (exact) mass is 224 g/mol. The van der Waals surface area contributed by atoms with E-state index in [1.807, 2.05) is 0 Å². The minimum absolute atomic E-state index is 0.225. The van der Waals surface area contributed by atoms with Crippen LogP contribution in [-0.4, -0.2) is 16.9 Å². The number of Topliss-reactive ketones (excluding diaryl/α,β-unsaturated/α-hetero) is 1. The summed E-state index contributed by atoms with van der Waals surface area (Å²) in [7, 11) is 0. The number of halogens is 1. The van der Waals surface area contributed by atoms with E-state index in [0.29, 0.717) is 12.8 Å². The fourth-order valence-electron chi connectivity index (χ4n) is 1.44. The largest absolute Gasteiger partial charge is 0.481 e. The van der Waals surface area contributed by atoms with Crippen molar-refractivity contribution in [2.75, 3.05) is 0 Å². The highest BCUT2D eigenvalue weighted by molar-refractivity contribution is 5.94. The van der Waals surface area contributed by atoms with Crippen molar-refractivity contribution in [2.45, 2.75) is 25.7 Å². The Kier molecular flexibility index (Phi) is 4.64. The molecule has 1 N–H and O–H groups in total. The molecule has 1 aromatic carbocycles. The maximum atomic E-state index is 12.8. The van der Waals surface area contributed by atoms with Crippen LogP contribution >= 0.6 is 0 Å². The van der Waals surface area contributed by atoms with Crippen LogP contribution in [0.2, 0.25) is 0 Å². The van der Waals surface area contributed by atoms with Gasteiger partial charge in [-0.2, -0.15) is 0 Å². The summed E-state index contributed by atoms with van der Waals surface area (Å²) in [4.78, 5) is 21.3. The van der Waals surface area contributed by atoms with Gasteiger partial charge in [0, 0.05) is 6.42 Å². The van der Waals surface area contributed by atoms with Gasteiger partial charge in [-0.3, -0.25) is 9.59 Å². The van der Waals surface area contributed by atoms with Crippen LogP contribution in [0.25, 0.3) is 0 Å². The lowest BCUT2D eigenvalue weighted by Gasteiger charge is -2.00. The predicted octanol–water partition coefficient (Wildman–Crippen LogP) is 2.19. The number of ketones is 1. The maximum absolute atomic E-state index is 12.8. The molecule has 0 spiro atoms. The Hall–Kier alpha value is -1.71. The molecule has 0 saturated carbocycles. The number of carbonyl (C=O) groups excluding carboxylic acids is 1. The van der Waals surface area contributed by atoms with Crippen LogP contribution in [0.15, 0.2) is 24.3 Å². The van der Waals surface area contributed by atoms with Gasteiger partial charge in [-0.25, -0.2) is 4.39 Å². The molecule has 16 heavy (non-hydrogen) atoms. The van der Waals surface area contributed by atoms with Gasteiger partial charge in [-0.05, 0) is 30.5 Å². The van der Waals surface area contributed by atoms with Crippen LogP contribution in [0.3, 0.4) is 0 Å². The Balaban J connectivity index is 2.30. The van der Waals surface area contributed by atoms with Crippen LogP contribution in [0, 0.1) is 5.82 Å². The molecule has 0 unspecified atom stereocenters. The number of carboxylic acids is 1. The normalized spacial score (nSPS) is 10.1. The summed E-state index contributed by atoms with van der Waals surface area (Å²) in [6.45, 7) is 0. The quantitative estimate of drug-likeness (QED) is 0.753. The molecule has 0 aliphatic rings. The fraction of sp³-hybridized carbons (Fsp3) is 0.333. The molecule has 0 bridgehead atoms. The number of hydrogen-bond acceptors (Lipinski definition) is 2. The first-order valence-electron chi connectivity index (χ1n) is 5.06. The molecule has 0 amide bonds. The zero-order valence-electron chi connectivity index (χ0n) is 8.78. The molecular weight excluding hydrogens is 211 g/mol. The van der Waals surface area contributed by atoms with E-state index in [1.54, 1.807) is 12.1 Å². The Morgan fingerprint density at radius 2 is 2.06 bits per heavy atom. The first kappa shape index (κ1) is 12.4. The Morgan fingerprint density at radius 1 is 1.31 bits per heavy atom. The molecule has 0 aliphatic heterocycles. The van der Waals surface area contributed by atoms with Crippen LogP contribution < -0.4 is 0 Å². The highest BCUT2D eigenvalue weighted by Crippen LogP contribution is 2.08. The van der Waals surface area contributed by atoms with Crippen molar-refractivity contribution in [3.63, 3.8) is 0 Å². The summed E-state index contributed by atoms with van der Waals surface area (Å²) in [5.41, 5.74) is 0.822. The molecule has 0 aliphatic carbocycles. The highest BCUT2D eigenvalue weighted by Gasteiger charge is 2.07. The summed E-state index contributed by atoms with van der Waals surface area (Å²) >= 11 is 0. The second-order valence-electron chi connectivity index (χ2n) is 3.59. The van der Waals surface area contributed by atoms with Gasteiger partial charge in [-0.15, -0.1) is 0 Å². The molecule has 0 fully saturated rings. The van der Waals surface area contributed by atoms with E-state index in [1.165, 1.54) is 12.1 Å². The van der Waals surface area contributed by atoms with Gasteiger partial charge in [-0.1, -0.05) is 12.1 Å². The van der Waals surface area contributed by atoms with Crippen molar-refractivity contribution in [2.24, 2.45) is 0 Å². The zero-order chi connectivity index (χ0) is 12.0. The maximum Gasteiger partial charge on any atom is 0.310 e. The van der Waals surface area contributed by atoms with E-state index in [4.69, 9.17) is 5.11 Å². The molecule has 1 rings (SSSR count). The second kappa shape index (κ2) is 6.00. The van der Waals surface area contributed by atoms with Crippen LogP contribution in [0.4, 0.5) is 4.39 Å². The Morgan fingerprint density at radius 3 is 2.69 bits per heavy atom. The number of carbonyl (C=O) groups is 2. The predicted molar refractivity (Wildman–Crippen MR) is 56.6 cm³/mol. The third-order valence-corrected chi connectivity index (χ3v) is 2.16. The van der Waals surface area contributed by atoms with Crippen molar-refractivity contribution in [1.82, 2.24) is 0 Å². The smallest absolute Gasteiger partial charge is 0.310 e. The van der Waals surface area contributed by atoms with Gasteiger partial charge in [0.1, 0.15) is 18.0 Å². The lowest BCUT2D eigenvalue weighted by atomic mass is 10.1. The molecule has 0 radical (unpaired) electrons. The fourth-order valence-corrected chi connectivity index (χ4v) is 1.44. The van der Waals surface area contributed by atoms with Gasteiger partial charge in [0.15, 0.2) is 0 Å². The Labute approximate surface area is 92.9 Å². The van der Waals surface area contributed by atoms with E-state index in [0.717, 1.165) is 5.56 Å². The van der Waals surface area contributed by atoms with E-state index in [-0.39, 0.29) is 18.0 Å². The minimum Gasteiger partial charge on any atom is -0.481 e. The van der Waals surface area contributed by atoms with Crippen LogP contribution in [-0.2, 0) is 16.0 Å². The van der Waals surface area contributed by atoms with Gasteiger partial charge >= 0.3 is 5.97 Å². The van der Waals surface area contributed by atoms with Crippen molar-refractivity contribution in [3.8, 4) is 0 Å². The number of rotatable bonds is 6. The molecule has 86 valence electrons. The highest BCUT2D eigenvalue weighted by atomic mass is 19.1. The summed E-state index contributed by atoms with van der Waals surface area (Å²) in [6.07, 6.45) is 0.935. The van der Waals surface area contributed by atoms with Gasteiger partial charge < -0.3 is 5.11 Å². The number of hydrogen-bond donors (Lipinski definition) is 1.